The van der Waals surface area contributed by atoms with Crippen LogP contribution in [-0.4, -0.2) is 38.8 Å². The molecule has 2 amide bonds. The van der Waals surface area contributed by atoms with Gasteiger partial charge in [0.1, 0.15) is 11.6 Å². The van der Waals surface area contributed by atoms with Crippen LogP contribution in [0.3, 0.4) is 0 Å². The molecule has 0 spiro atoms. The zero-order chi connectivity index (χ0) is 22.9. The van der Waals surface area contributed by atoms with E-state index < -0.39 is 0 Å². The summed E-state index contributed by atoms with van der Waals surface area (Å²) in [7, 11) is 4.73. The molecule has 0 fully saturated rings. The fourth-order valence-corrected chi connectivity index (χ4v) is 3.30. The second-order valence-corrected chi connectivity index (χ2v) is 7.12. The zero-order valence-electron chi connectivity index (χ0n) is 18.4. The van der Waals surface area contributed by atoms with Crippen LogP contribution in [0.15, 0.2) is 66.7 Å². The summed E-state index contributed by atoms with van der Waals surface area (Å²) in [6, 6.07) is 18.7. The number of urea groups is 1. The number of carbonyl (C=O) groups excluding carboxylic acids is 1. The third kappa shape index (κ3) is 5.91. The molecule has 3 rings (SSSR count). The number of methoxy groups -OCH3 is 3. The number of anilines is 1. The van der Waals surface area contributed by atoms with E-state index in [9.17, 15) is 9.18 Å². The molecule has 0 aromatic heterocycles. The van der Waals surface area contributed by atoms with Gasteiger partial charge in [-0.1, -0.05) is 30.3 Å². The Morgan fingerprint density at radius 2 is 1.50 bits per heavy atom. The molecule has 0 radical (unpaired) electrons. The highest BCUT2D eigenvalue weighted by molar-refractivity contribution is 5.91. The van der Waals surface area contributed by atoms with Crippen LogP contribution in [-0.2, 0) is 13.0 Å². The molecule has 168 valence electrons. The van der Waals surface area contributed by atoms with E-state index in [0.717, 1.165) is 11.1 Å². The van der Waals surface area contributed by atoms with Crippen LogP contribution < -0.4 is 19.5 Å². The van der Waals surface area contributed by atoms with Crippen molar-refractivity contribution in [3.05, 3.63) is 83.7 Å². The van der Waals surface area contributed by atoms with Gasteiger partial charge in [0.15, 0.2) is 11.5 Å². The molecule has 6 nitrogen and oxygen atoms in total. The number of halogens is 1. The standard InChI is InChI=1S/C25H27FN2O4/c1-30-22-7-5-4-6-21(22)27-25(29)28(17-19-8-11-20(26)12-9-19)15-14-18-10-13-23(31-2)24(16-18)32-3/h4-13,16H,14-15,17H2,1-3H3,(H,27,29). The Hall–Kier alpha value is -3.74. The molecule has 0 saturated heterocycles. The molecular formula is C25H27FN2O4. The molecule has 0 unspecified atom stereocenters. The number of nitrogens with one attached hydrogen (secondary N) is 1. The first-order valence-electron chi connectivity index (χ1n) is 10.2. The van der Waals surface area contributed by atoms with Crippen LogP contribution in [0.5, 0.6) is 17.2 Å². The number of rotatable bonds is 9. The Balaban J connectivity index is 1.78. The average Bonchev–Trinajstić information content (AvgIpc) is 2.82. The second kappa shape index (κ2) is 11.0. The predicted molar refractivity (Wildman–Crippen MR) is 122 cm³/mol. The van der Waals surface area contributed by atoms with Gasteiger partial charge >= 0.3 is 6.03 Å². The van der Waals surface area contributed by atoms with Crippen molar-refractivity contribution in [3.63, 3.8) is 0 Å². The summed E-state index contributed by atoms with van der Waals surface area (Å²) >= 11 is 0. The van der Waals surface area contributed by atoms with Crippen LogP contribution in [0.4, 0.5) is 14.9 Å². The normalized spacial score (nSPS) is 10.4. The van der Waals surface area contributed by atoms with E-state index in [4.69, 9.17) is 14.2 Å². The van der Waals surface area contributed by atoms with E-state index in [2.05, 4.69) is 5.32 Å². The minimum Gasteiger partial charge on any atom is -0.495 e. The number of nitrogens with zero attached hydrogens (tertiary/aromatic N) is 1. The lowest BCUT2D eigenvalue weighted by Crippen LogP contribution is -2.36. The number of ether oxygens (including phenoxy) is 3. The molecule has 3 aromatic carbocycles. The van der Waals surface area contributed by atoms with Crippen LogP contribution in [0.1, 0.15) is 11.1 Å². The van der Waals surface area contributed by atoms with Crippen molar-refractivity contribution in [1.82, 2.24) is 4.90 Å². The molecule has 0 aliphatic carbocycles. The highest BCUT2D eigenvalue weighted by Crippen LogP contribution is 2.28. The Kier molecular flexibility index (Phi) is 7.91. The summed E-state index contributed by atoms with van der Waals surface area (Å²) in [5.74, 6) is 1.54. The number of carbonyl (C=O) groups is 1. The summed E-state index contributed by atoms with van der Waals surface area (Å²) in [6.45, 7) is 0.766. The van der Waals surface area contributed by atoms with Gasteiger partial charge in [-0.15, -0.1) is 0 Å². The maximum Gasteiger partial charge on any atom is 0.322 e. The Bertz CT molecular complexity index is 1040. The Labute approximate surface area is 187 Å². The van der Waals surface area contributed by atoms with Crippen LogP contribution >= 0.6 is 0 Å². The number of amides is 2. The quantitative estimate of drug-likeness (QED) is 0.503. The molecule has 0 aliphatic heterocycles. The van der Waals surface area contributed by atoms with Crippen LogP contribution in [0.2, 0.25) is 0 Å². The molecule has 0 aliphatic rings. The average molecular weight is 438 g/mol. The van der Waals surface area contributed by atoms with E-state index in [-0.39, 0.29) is 11.8 Å². The van der Waals surface area contributed by atoms with E-state index in [1.807, 2.05) is 30.3 Å². The first-order chi connectivity index (χ1) is 15.5. The minimum atomic E-state index is -0.316. The van der Waals surface area contributed by atoms with Gasteiger partial charge in [-0.05, 0) is 53.9 Å². The maximum atomic E-state index is 13.3. The van der Waals surface area contributed by atoms with Crippen molar-refractivity contribution in [1.29, 1.82) is 0 Å². The maximum absolute atomic E-state index is 13.3. The third-order valence-corrected chi connectivity index (χ3v) is 5.04. The lowest BCUT2D eigenvalue weighted by Gasteiger charge is -2.24. The molecule has 1 N–H and O–H groups in total. The summed E-state index contributed by atoms with van der Waals surface area (Å²) in [5.41, 5.74) is 2.40. The van der Waals surface area contributed by atoms with Gasteiger partial charge in [0, 0.05) is 13.1 Å². The van der Waals surface area contributed by atoms with Gasteiger partial charge < -0.3 is 24.4 Å². The van der Waals surface area contributed by atoms with E-state index in [1.54, 1.807) is 50.5 Å². The fraction of sp³-hybridized carbons (Fsp3) is 0.240. The van der Waals surface area contributed by atoms with Crippen molar-refractivity contribution < 1.29 is 23.4 Å². The predicted octanol–water partition coefficient (Wildman–Crippen LogP) is 5.13. The van der Waals surface area contributed by atoms with Crippen LogP contribution in [0.25, 0.3) is 0 Å². The second-order valence-electron chi connectivity index (χ2n) is 7.12. The van der Waals surface area contributed by atoms with E-state index >= 15 is 0 Å². The molecular weight excluding hydrogens is 411 g/mol. The molecule has 0 atom stereocenters. The Morgan fingerprint density at radius 3 is 2.19 bits per heavy atom. The van der Waals surface area contributed by atoms with Crippen molar-refractivity contribution in [2.45, 2.75) is 13.0 Å². The number of hydrogen-bond donors (Lipinski definition) is 1. The van der Waals surface area contributed by atoms with E-state index in [1.165, 1.54) is 12.1 Å². The fourth-order valence-electron chi connectivity index (χ4n) is 3.30. The zero-order valence-corrected chi connectivity index (χ0v) is 18.4. The summed E-state index contributed by atoms with van der Waals surface area (Å²) in [4.78, 5) is 14.8. The van der Waals surface area contributed by atoms with E-state index in [0.29, 0.717) is 42.4 Å². The lowest BCUT2D eigenvalue weighted by atomic mass is 10.1. The van der Waals surface area contributed by atoms with Gasteiger partial charge in [-0.2, -0.15) is 0 Å². The van der Waals surface area contributed by atoms with Gasteiger partial charge in [-0.3, -0.25) is 0 Å². The topological polar surface area (TPSA) is 60.0 Å². The third-order valence-electron chi connectivity index (χ3n) is 5.04. The summed E-state index contributed by atoms with van der Waals surface area (Å²) in [6.07, 6.45) is 0.598. The molecule has 0 saturated carbocycles. The van der Waals surface area contributed by atoms with Gasteiger partial charge in [0.2, 0.25) is 0 Å². The lowest BCUT2D eigenvalue weighted by molar-refractivity contribution is 0.209. The van der Waals surface area contributed by atoms with Crippen molar-refractivity contribution in [3.8, 4) is 17.2 Å². The molecule has 3 aromatic rings. The van der Waals surface area contributed by atoms with Crippen molar-refractivity contribution in [2.24, 2.45) is 0 Å². The first-order valence-corrected chi connectivity index (χ1v) is 10.2. The molecule has 7 heteroatoms. The number of benzene rings is 3. The molecule has 0 bridgehead atoms. The van der Waals surface area contributed by atoms with Gasteiger partial charge in [-0.25, -0.2) is 9.18 Å². The number of para-hydroxylation sites is 2. The van der Waals surface area contributed by atoms with Gasteiger partial charge in [0.05, 0.1) is 27.0 Å². The van der Waals surface area contributed by atoms with Crippen molar-refractivity contribution in [2.75, 3.05) is 33.2 Å². The van der Waals surface area contributed by atoms with Crippen LogP contribution in [0, 0.1) is 5.82 Å². The monoisotopic (exact) mass is 438 g/mol. The number of hydrogen-bond acceptors (Lipinski definition) is 4. The Morgan fingerprint density at radius 1 is 0.844 bits per heavy atom. The largest absolute Gasteiger partial charge is 0.495 e. The summed E-state index contributed by atoms with van der Waals surface area (Å²) in [5, 5.41) is 2.91. The molecule has 0 heterocycles. The van der Waals surface area contributed by atoms with Gasteiger partial charge in [0.25, 0.3) is 0 Å². The smallest absolute Gasteiger partial charge is 0.322 e. The van der Waals surface area contributed by atoms with Crippen molar-refractivity contribution >= 4 is 11.7 Å². The SMILES string of the molecule is COc1ccccc1NC(=O)N(CCc1ccc(OC)c(OC)c1)Cc1ccc(F)cc1. The highest BCUT2D eigenvalue weighted by Gasteiger charge is 2.17. The summed E-state index contributed by atoms with van der Waals surface area (Å²) < 4.78 is 29.3. The first kappa shape index (κ1) is 22.9. The minimum absolute atomic E-state index is 0.278. The molecule has 32 heavy (non-hydrogen) atoms. The highest BCUT2D eigenvalue weighted by atomic mass is 19.1.